The number of hydrogen-bond donors (Lipinski definition) is 2. The molecule has 0 unspecified atom stereocenters. The maximum atomic E-state index is 11.3. The van der Waals surface area contributed by atoms with Crippen molar-refractivity contribution in [2.24, 2.45) is 5.73 Å². The topological polar surface area (TPSA) is 94.0 Å². The van der Waals surface area contributed by atoms with Crippen LogP contribution < -0.4 is 11.1 Å². The van der Waals surface area contributed by atoms with E-state index in [0.717, 1.165) is 12.8 Å². The summed E-state index contributed by atoms with van der Waals surface area (Å²) in [4.78, 5) is 15.6. The lowest BCUT2D eigenvalue weighted by Gasteiger charge is -2.08. The molecule has 3 N–H and O–H groups in total. The summed E-state index contributed by atoms with van der Waals surface area (Å²) in [6.07, 6.45) is 1.73. The second kappa shape index (κ2) is 6.38. The van der Waals surface area contributed by atoms with Gasteiger partial charge in [0.1, 0.15) is 0 Å². The van der Waals surface area contributed by atoms with Crippen LogP contribution in [0.2, 0.25) is 5.02 Å². The van der Waals surface area contributed by atoms with Crippen LogP contribution >= 0.6 is 11.6 Å². The maximum absolute atomic E-state index is 11.3. The summed E-state index contributed by atoms with van der Waals surface area (Å²) >= 11 is 5.84. The van der Waals surface area contributed by atoms with E-state index in [4.69, 9.17) is 21.9 Å². The first-order valence-corrected chi connectivity index (χ1v) is 6.62. The normalized spacial score (nSPS) is 10.5. The van der Waals surface area contributed by atoms with Crippen LogP contribution in [0, 0.1) is 0 Å². The minimum absolute atomic E-state index is 0.318. The third-order valence-electron chi connectivity index (χ3n) is 2.66. The number of carbonyl (C=O) groups is 1. The summed E-state index contributed by atoms with van der Waals surface area (Å²) < 4.78 is 5.10. The number of rotatable bonds is 6. The Labute approximate surface area is 121 Å². The summed E-state index contributed by atoms with van der Waals surface area (Å²) in [5.74, 6) is 0.585. The van der Waals surface area contributed by atoms with Gasteiger partial charge in [-0.1, -0.05) is 23.7 Å². The zero-order valence-corrected chi connectivity index (χ0v) is 11.8. The highest BCUT2D eigenvalue weighted by Gasteiger charge is 2.10. The predicted octanol–water partition coefficient (Wildman–Crippen LogP) is 2.39. The monoisotopic (exact) mass is 294 g/mol. The molecule has 0 atom stereocenters. The third kappa shape index (κ3) is 3.48. The molecule has 20 heavy (non-hydrogen) atoms. The van der Waals surface area contributed by atoms with Crippen LogP contribution in [0.1, 0.15) is 35.4 Å². The molecule has 6 nitrogen and oxygen atoms in total. The molecule has 0 saturated carbocycles. The average Bonchev–Trinajstić information content (AvgIpc) is 2.85. The Morgan fingerprint density at radius 3 is 3.00 bits per heavy atom. The van der Waals surface area contributed by atoms with Crippen molar-refractivity contribution in [3.63, 3.8) is 0 Å². The lowest BCUT2D eigenvalue weighted by Crippen LogP contribution is -2.14. The fourth-order valence-electron chi connectivity index (χ4n) is 1.73. The molecule has 2 rings (SSSR count). The fraction of sp³-hybridized carbons (Fsp3) is 0.308. The van der Waals surface area contributed by atoms with Gasteiger partial charge in [0, 0.05) is 17.1 Å². The Morgan fingerprint density at radius 1 is 1.50 bits per heavy atom. The number of anilines is 1. The number of hydrogen-bond acceptors (Lipinski definition) is 5. The van der Waals surface area contributed by atoms with Gasteiger partial charge < -0.3 is 15.6 Å². The first-order chi connectivity index (χ1) is 9.60. The molecular weight excluding hydrogens is 280 g/mol. The maximum Gasteiger partial charge on any atom is 0.250 e. The highest BCUT2D eigenvalue weighted by molar-refractivity contribution is 6.31. The van der Waals surface area contributed by atoms with Gasteiger partial charge in [0.05, 0.1) is 12.1 Å². The number of nitrogens with zero attached hydrogens (tertiary/aromatic N) is 2. The number of carbonyl (C=O) groups excluding carboxylic acids is 1. The molecule has 106 valence electrons. The Kier molecular flexibility index (Phi) is 4.57. The van der Waals surface area contributed by atoms with Crippen LogP contribution in [0.5, 0.6) is 0 Å². The van der Waals surface area contributed by atoms with E-state index >= 15 is 0 Å². The fourth-order valence-corrected chi connectivity index (χ4v) is 1.90. The molecule has 0 aliphatic heterocycles. The first-order valence-electron chi connectivity index (χ1n) is 6.25. The predicted molar refractivity (Wildman–Crippen MR) is 75.6 cm³/mol. The number of nitrogens with one attached hydrogen (secondary N) is 1. The van der Waals surface area contributed by atoms with Gasteiger partial charge in [0.2, 0.25) is 5.89 Å². The number of aromatic nitrogens is 2. The summed E-state index contributed by atoms with van der Waals surface area (Å²) in [5.41, 5.74) is 6.21. The van der Waals surface area contributed by atoms with Crippen LogP contribution in [0.15, 0.2) is 22.7 Å². The molecule has 0 fully saturated rings. The molecule has 0 saturated heterocycles. The minimum Gasteiger partial charge on any atom is -0.375 e. The zero-order chi connectivity index (χ0) is 14.5. The van der Waals surface area contributed by atoms with Gasteiger partial charge in [-0.15, -0.1) is 0 Å². The summed E-state index contributed by atoms with van der Waals surface area (Å²) in [5, 5.41) is 7.34. The first kappa shape index (κ1) is 14.3. The second-order valence-corrected chi connectivity index (χ2v) is 4.70. The highest BCUT2D eigenvalue weighted by Crippen LogP contribution is 2.20. The van der Waals surface area contributed by atoms with Crippen molar-refractivity contribution in [2.75, 3.05) is 5.32 Å². The number of nitrogens with two attached hydrogens (primary N) is 1. The second-order valence-electron chi connectivity index (χ2n) is 4.26. The molecule has 1 aromatic carbocycles. The number of primary amides is 1. The Morgan fingerprint density at radius 2 is 2.30 bits per heavy atom. The summed E-state index contributed by atoms with van der Waals surface area (Å²) in [6, 6.07) is 4.88. The molecule has 7 heteroatoms. The van der Waals surface area contributed by atoms with Gasteiger partial charge in [-0.05, 0) is 24.6 Å². The Balaban J connectivity index is 2.08. The molecule has 1 heterocycles. The van der Waals surface area contributed by atoms with Crippen molar-refractivity contribution in [1.29, 1.82) is 0 Å². The summed E-state index contributed by atoms with van der Waals surface area (Å²) in [6.45, 7) is 2.36. The third-order valence-corrected chi connectivity index (χ3v) is 2.90. The van der Waals surface area contributed by atoms with E-state index in [1.807, 2.05) is 6.92 Å². The van der Waals surface area contributed by atoms with E-state index in [1.165, 1.54) is 6.07 Å². The Hall–Kier alpha value is -2.08. The molecule has 0 radical (unpaired) electrons. The smallest absolute Gasteiger partial charge is 0.250 e. The van der Waals surface area contributed by atoms with Gasteiger partial charge in [-0.3, -0.25) is 4.79 Å². The molecule has 0 bridgehead atoms. The molecule has 0 spiro atoms. The minimum atomic E-state index is -0.549. The molecule has 2 aromatic rings. The highest BCUT2D eigenvalue weighted by atomic mass is 35.5. The quantitative estimate of drug-likeness (QED) is 0.853. The molecule has 0 aliphatic carbocycles. The van der Waals surface area contributed by atoms with Gasteiger partial charge in [0.25, 0.3) is 5.91 Å². The van der Waals surface area contributed by atoms with E-state index < -0.39 is 5.91 Å². The van der Waals surface area contributed by atoms with E-state index in [0.29, 0.717) is 34.5 Å². The number of amides is 1. The van der Waals surface area contributed by atoms with E-state index in [9.17, 15) is 4.79 Å². The standard InChI is InChI=1S/C13H15ClN4O2/c1-2-3-11-17-12(20-18-11)7-16-10-5-4-8(14)6-9(10)13(15)19/h4-6,16H,2-3,7H2,1H3,(H2,15,19). The lowest BCUT2D eigenvalue weighted by atomic mass is 10.1. The number of aryl methyl sites for hydroxylation is 1. The molecule has 0 aliphatic rings. The van der Waals surface area contributed by atoms with E-state index in [2.05, 4.69) is 15.5 Å². The van der Waals surface area contributed by atoms with Crippen molar-refractivity contribution in [3.8, 4) is 0 Å². The average molecular weight is 295 g/mol. The van der Waals surface area contributed by atoms with E-state index in [1.54, 1.807) is 12.1 Å². The van der Waals surface area contributed by atoms with Crippen LogP contribution in [0.4, 0.5) is 5.69 Å². The Bertz CT molecular complexity index is 612. The van der Waals surface area contributed by atoms with Crippen LogP contribution in [-0.2, 0) is 13.0 Å². The van der Waals surface area contributed by atoms with Crippen LogP contribution in [0.25, 0.3) is 0 Å². The zero-order valence-electron chi connectivity index (χ0n) is 11.0. The molecular formula is C13H15ClN4O2. The van der Waals surface area contributed by atoms with Crippen LogP contribution in [-0.4, -0.2) is 16.0 Å². The molecule has 1 aromatic heterocycles. The van der Waals surface area contributed by atoms with Gasteiger partial charge in [-0.25, -0.2) is 0 Å². The lowest BCUT2D eigenvalue weighted by molar-refractivity contribution is 0.100. The summed E-state index contributed by atoms with van der Waals surface area (Å²) in [7, 11) is 0. The largest absolute Gasteiger partial charge is 0.375 e. The van der Waals surface area contributed by atoms with Gasteiger partial charge >= 0.3 is 0 Å². The number of halogens is 1. The van der Waals surface area contributed by atoms with Gasteiger partial charge in [-0.2, -0.15) is 4.98 Å². The van der Waals surface area contributed by atoms with Crippen molar-refractivity contribution in [2.45, 2.75) is 26.3 Å². The SMILES string of the molecule is CCCc1noc(CNc2ccc(Cl)cc2C(N)=O)n1. The van der Waals surface area contributed by atoms with Crippen molar-refractivity contribution in [1.82, 2.24) is 10.1 Å². The van der Waals surface area contributed by atoms with Crippen molar-refractivity contribution in [3.05, 3.63) is 40.5 Å². The molecule has 1 amide bonds. The van der Waals surface area contributed by atoms with Crippen molar-refractivity contribution >= 4 is 23.2 Å². The van der Waals surface area contributed by atoms with Gasteiger partial charge in [0.15, 0.2) is 5.82 Å². The van der Waals surface area contributed by atoms with Crippen molar-refractivity contribution < 1.29 is 9.32 Å². The van der Waals surface area contributed by atoms with Crippen LogP contribution in [0.3, 0.4) is 0 Å². The van der Waals surface area contributed by atoms with E-state index in [-0.39, 0.29) is 0 Å². The number of benzene rings is 1.